The summed E-state index contributed by atoms with van der Waals surface area (Å²) in [4.78, 5) is 25.8. The highest BCUT2D eigenvalue weighted by Gasteiger charge is 2.36. The summed E-state index contributed by atoms with van der Waals surface area (Å²) in [5.41, 5.74) is 0.862. The van der Waals surface area contributed by atoms with Crippen LogP contribution in [0.5, 0.6) is 0 Å². The molecule has 1 fully saturated rings. The van der Waals surface area contributed by atoms with E-state index in [1.165, 1.54) is 0 Å². The van der Waals surface area contributed by atoms with Crippen molar-refractivity contribution >= 4 is 28.5 Å². The fraction of sp³-hybridized carbons (Fsp3) is 0.400. The molecule has 2 aromatic rings. The second kappa shape index (κ2) is 6.15. The Labute approximate surface area is 127 Å². The monoisotopic (exact) mass is 302 g/mol. The molecule has 2 heterocycles. The summed E-state index contributed by atoms with van der Waals surface area (Å²) in [5.74, 6) is -0.0448. The van der Waals surface area contributed by atoms with Crippen molar-refractivity contribution in [2.24, 2.45) is 5.92 Å². The van der Waals surface area contributed by atoms with Crippen LogP contribution in [0.3, 0.4) is 0 Å². The third-order valence-electron chi connectivity index (χ3n) is 3.84. The number of fused-ring (bicyclic) bond motifs is 1. The molecule has 1 aromatic carbocycles. The molecule has 22 heavy (non-hydrogen) atoms. The van der Waals surface area contributed by atoms with Crippen LogP contribution in [0, 0.1) is 5.92 Å². The van der Waals surface area contributed by atoms with Gasteiger partial charge >= 0.3 is 0 Å². The van der Waals surface area contributed by atoms with E-state index in [9.17, 15) is 9.59 Å². The number of carbonyl (C=O) groups is 2. The van der Waals surface area contributed by atoms with Crippen LogP contribution in [0.1, 0.15) is 12.8 Å². The van der Waals surface area contributed by atoms with Crippen molar-refractivity contribution in [2.75, 3.05) is 24.6 Å². The van der Waals surface area contributed by atoms with Crippen LogP contribution in [0.15, 0.2) is 24.3 Å². The van der Waals surface area contributed by atoms with Gasteiger partial charge in [0, 0.05) is 31.5 Å². The number of nitrogens with zero attached hydrogens (tertiary/aromatic N) is 2. The van der Waals surface area contributed by atoms with Gasteiger partial charge in [-0.3, -0.25) is 19.6 Å². The van der Waals surface area contributed by atoms with E-state index in [2.05, 4.69) is 15.5 Å². The number of aromatic nitrogens is 2. The molecular formula is C15H18N4O3. The Hall–Kier alpha value is -2.41. The molecule has 1 saturated heterocycles. The second-order valence-electron chi connectivity index (χ2n) is 5.37. The molecule has 1 aromatic heterocycles. The van der Waals surface area contributed by atoms with E-state index >= 15 is 0 Å². The molecule has 0 spiro atoms. The lowest BCUT2D eigenvalue weighted by Crippen LogP contribution is -2.33. The SMILES string of the molecule is O=C(NCCCO)[C@@H]1CC(=O)N(c2n[nH]c3ccccc23)C1. The average Bonchev–Trinajstić information content (AvgIpc) is 3.10. The van der Waals surface area contributed by atoms with Crippen molar-refractivity contribution in [2.45, 2.75) is 12.8 Å². The van der Waals surface area contributed by atoms with Crippen molar-refractivity contribution in [3.05, 3.63) is 24.3 Å². The van der Waals surface area contributed by atoms with Gasteiger partial charge in [0.2, 0.25) is 11.8 Å². The van der Waals surface area contributed by atoms with Gasteiger partial charge < -0.3 is 10.4 Å². The number of aromatic amines is 1. The van der Waals surface area contributed by atoms with Crippen LogP contribution in [-0.2, 0) is 9.59 Å². The molecule has 3 N–H and O–H groups in total. The summed E-state index contributed by atoms with van der Waals surface area (Å²) in [6.07, 6.45) is 0.701. The maximum atomic E-state index is 12.2. The van der Waals surface area contributed by atoms with Gasteiger partial charge in [0.05, 0.1) is 11.4 Å². The van der Waals surface area contributed by atoms with Crippen LogP contribution in [0.2, 0.25) is 0 Å². The highest BCUT2D eigenvalue weighted by atomic mass is 16.3. The Bertz CT molecular complexity index is 697. The lowest BCUT2D eigenvalue weighted by Gasteiger charge is -2.14. The third-order valence-corrected chi connectivity index (χ3v) is 3.84. The van der Waals surface area contributed by atoms with E-state index in [0.717, 1.165) is 10.9 Å². The van der Waals surface area contributed by atoms with Crippen LogP contribution in [-0.4, -0.2) is 46.8 Å². The van der Waals surface area contributed by atoms with Gasteiger partial charge in [0.1, 0.15) is 0 Å². The molecule has 1 aliphatic rings. The summed E-state index contributed by atoms with van der Waals surface area (Å²) in [7, 11) is 0. The second-order valence-corrected chi connectivity index (χ2v) is 5.37. The zero-order valence-corrected chi connectivity index (χ0v) is 12.1. The smallest absolute Gasteiger partial charge is 0.229 e. The topological polar surface area (TPSA) is 98.3 Å². The third kappa shape index (κ3) is 2.67. The number of benzene rings is 1. The van der Waals surface area contributed by atoms with Gasteiger partial charge in [-0.15, -0.1) is 0 Å². The first-order chi connectivity index (χ1) is 10.7. The molecule has 0 radical (unpaired) electrons. The van der Waals surface area contributed by atoms with Crippen molar-refractivity contribution < 1.29 is 14.7 Å². The highest BCUT2D eigenvalue weighted by molar-refractivity contribution is 6.05. The number of anilines is 1. The van der Waals surface area contributed by atoms with Crippen LogP contribution in [0.4, 0.5) is 5.82 Å². The molecule has 3 rings (SSSR count). The Morgan fingerprint density at radius 2 is 2.27 bits per heavy atom. The van der Waals surface area contributed by atoms with Crippen LogP contribution >= 0.6 is 0 Å². The van der Waals surface area contributed by atoms with Gasteiger partial charge in [-0.25, -0.2) is 0 Å². The van der Waals surface area contributed by atoms with Crippen LogP contribution in [0.25, 0.3) is 10.9 Å². The number of amides is 2. The first kappa shape index (κ1) is 14.5. The number of rotatable bonds is 5. The molecule has 0 aliphatic carbocycles. The van der Waals surface area contributed by atoms with E-state index in [1.54, 1.807) is 4.90 Å². The predicted octanol–water partition coefficient (Wildman–Crippen LogP) is 0.414. The minimum absolute atomic E-state index is 0.0370. The molecule has 1 aliphatic heterocycles. The molecule has 7 nitrogen and oxygen atoms in total. The fourth-order valence-corrected chi connectivity index (χ4v) is 2.68. The van der Waals surface area contributed by atoms with E-state index < -0.39 is 0 Å². The van der Waals surface area contributed by atoms with Gasteiger partial charge in [-0.1, -0.05) is 12.1 Å². The Morgan fingerprint density at radius 1 is 1.45 bits per heavy atom. The lowest BCUT2D eigenvalue weighted by atomic mass is 10.1. The Morgan fingerprint density at radius 3 is 3.09 bits per heavy atom. The van der Waals surface area contributed by atoms with E-state index in [0.29, 0.717) is 25.3 Å². The molecular weight excluding hydrogens is 284 g/mol. The quantitative estimate of drug-likeness (QED) is 0.697. The number of hydrogen-bond donors (Lipinski definition) is 3. The van der Waals surface area contributed by atoms with Crippen molar-refractivity contribution in [3.8, 4) is 0 Å². The summed E-state index contributed by atoms with van der Waals surface area (Å²) in [6.45, 7) is 0.791. The summed E-state index contributed by atoms with van der Waals surface area (Å²) < 4.78 is 0. The highest BCUT2D eigenvalue weighted by Crippen LogP contribution is 2.29. The van der Waals surface area contributed by atoms with Gasteiger partial charge in [0.15, 0.2) is 5.82 Å². The van der Waals surface area contributed by atoms with Crippen molar-refractivity contribution in [1.82, 2.24) is 15.5 Å². The number of nitrogens with one attached hydrogen (secondary N) is 2. The summed E-state index contributed by atoms with van der Waals surface area (Å²) >= 11 is 0. The van der Waals surface area contributed by atoms with Crippen molar-refractivity contribution in [1.29, 1.82) is 0 Å². The predicted molar refractivity (Wildman–Crippen MR) is 81.3 cm³/mol. The minimum atomic E-state index is -0.373. The maximum absolute atomic E-state index is 12.2. The lowest BCUT2D eigenvalue weighted by molar-refractivity contribution is -0.126. The zero-order valence-electron chi connectivity index (χ0n) is 12.1. The number of carbonyl (C=O) groups excluding carboxylic acids is 2. The van der Waals surface area contributed by atoms with Gasteiger partial charge in [-0.2, -0.15) is 5.10 Å². The largest absolute Gasteiger partial charge is 0.396 e. The number of hydrogen-bond acceptors (Lipinski definition) is 4. The summed E-state index contributed by atoms with van der Waals surface area (Å²) in [5, 5.41) is 19.5. The fourth-order valence-electron chi connectivity index (χ4n) is 2.68. The molecule has 2 amide bonds. The molecule has 0 saturated carbocycles. The number of para-hydroxylation sites is 1. The van der Waals surface area contributed by atoms with Crippen LogP contribution < -0.4 is 10.2 Å². The first-order valence-electron chi connectivity index (χ1n) is 7.32. The Balaban J connectivity index is 1.73. The molecule has 1 atom stereocenters. The normalized spacial score (nSPS) is 18.1. The molecule has 7 heteroatoms. The standard InChI is InChI=1S/C15H18N4O3/c20-7-3-6-16-15(22)10-8-13(21)19(9-10)14-11-4-1-2-5-12(11)17-18-14/h1-2,4-5,10,20H,3,6-9H2,(H,16,22)(H,17,18)/t10-/m1/s1. The maximum Gasteiger partial charge on any atom is 0.229 e. The van der Waals surface area contributed by atoms with E-state index in [4.69, 9.17) is 5.11 Å². The van der Waals surface area contributed by atoms with Crippen molar-refractivity contribution in [3.63, 3.8) is 0 Å². The molecule has 0 bridgehead atoms. The molecule has 0 unspecified atom stereocenters. The Kier molecular flexibility index (Phi) is 4.06. The number of aliphatic hydroxyl groups is 1. The van der Waals surface area contributed by atoms with Gasteiger partial charge in [-0.05, 0) is 18.6 Å². The average molecular weight is 302 g/mol. The number of H-pyrrole nitrogens is 1. The first-order valence-corrected chi connectivity index (χ1v) is 7.32. The number of aliphatic hydroxyl groups excluding tert-OH is 1. The minimum Gasteiger partial charge on any atom is -0.396 e. The summed E-state index contributed by atoms with van der Waals surface area (Å²) in [6, 6.07) is 7.58. The van der Waals surface area contributed by atoms with E-state index in [-0.39, 0.29) is 30.8 Å². The molecule has 116 valence electrons. The van der Waals surface area contributed by atoms with E-state index in [1.807, 2.05) is 24.3 Å². The zero-order chi connectivity index (χ0) is 15.5. The van der Waals surface area contributed by atoms with Gasteiger partial charge in [0.25, 0.3) is 0 Å².